The van der Waals surface area contributed by atoms with Crippen LogP contribution in [0.3, 0.4) is 0 Å². The number of nitrogens with one attached hydrogen (secondary N) is 1. The van der Waals surface area contributed by atoms with Gasteiger partial charge < -0.3 is 10.1 Å². The van der Waals surface area contributed by atoms with Gasteiger partial charge in [-0.05, 0) is 19.1 Å². The fraction of sp³-hybridized carbons (Fsp3) is 0.333. The quantitative estimate of drug-likeness (QED) is 0.882. The largest absolute Gasteiger partial charge is 0.494 e. The molecule has 0 radical (unpaired) electrons. The number of hydrogen-bond donors (Lipinski definition) is 1. The highest BCUT2D eigenvalue weighted by Gasteiger charge is 2.05. The molecule has 1 aromatic heterocycles. The molecule has 1 heterocycles. The lowest BCUT2D eigenvalue weighted by Gasteiger charge is -2.08. The summed E-state index contributed by atoms with van der Waals surface area (Å²) in [6.07, 6.45) is 1.51. The van der Waals surface area contributed by atoms with Crippen LogP contribution in [0, 0.1) is 5.82 Å². The molecule has 0 spiro atoms. The molecule has 6 heteroatoms. The highest BCUT2D eigenvalue weighted by molar-refractivity contribution is 5.47. The van der Waals surface area contributed by atoms with Crippen LogP contribution in [0.25, 0.3) is 0 Å². The van der Waals surface area contributed by atoms with Crippen molar-refractivity contribution < 1.29 is 9.13 Å². The Morgan fingerprint density at radius 2 is 2.28 bits per heavy atom. The number of nitrogens with zero attached hydrogens (tertiary/aromatic N) is 3. The van der Waals surface area contributed by atoms with E-state index in [1.54, 1.807) is 16.8 Å². The van der Waals surface area contributed by atoms with Crippen molar-refractivity contribution in [3.63, 3.8) is 0 Å². The third-order valence-corrected chi connectivity index (χ3v) is 2.60. The van der Waals surface area contributed by atoms with E-state index in [1.807, 2.05) is 6.92 Å². The average Bonchev–Trinajstić information content (AvgIpc) is 2.84. The van der Waals surface area contributed by atoms with Gasteiger partial charge in [0.15, 0.2) is 11.6 Å². The van der Waals surface area contributed by atoms with E-state index in [2.05, 4.69) is 15.4 Å². The summed E-state index contributed by atoms with van der Waals surface area (Å²) in [4.78, 5) is 4.13. The Labute approximate surface area is 105 Å². The van der Waals surface area contributed by atoms with Crippen molar-refractivity contribution in [3.05, 3.63) is 36.2 Å². The highest BCUT2D eigenvalue weighted by Crippen LogP contribution is 2.20. The number of hydrogen-bond acceptors (Lipinski definition) is 4. The summed E-state index contributed by atoms with van der Waals surface area (Å²) in [5.41, 5.74) is 0.680. The monoisotopic (exact) mass is 250 g/mol. The standard InChI is InChI=1S/C12H15FN4O/c1-3-17-12(15-8-16-17)7-14-9-4-5-11(18-2)10(13)6-9/h4-6,8,14H,3,7H2,1-2H3. The molecule has 0 saturated heterocycles. The lowest BCUT2D eigenvalue weighted by molar-refractivity contribution is 0.386. The predicted molar refractivity (Wildman–Crippen MR) is 66.0 cm³/mol. The summed E-state index contributed by atoms with van der Waals surface area (Å²) < 4.78 is 20.1. The van der Waals surface area contributed by atoms with Crippen molar-refractivity contribution in [2.75, 3.05) is 12.4 Å². The lowest BCUT2D eigenvalue weighted by Crippen LogP contribution is -2.09. The summed E-state index contributed by atoms with van der Waals surface area (Å²) in [6.45, 7) is 3.25. The predicted octanol–water partition coefficient (Wildman–Crippen LogP) is 2.06. The van der Waals surface area contributed by atoms with E-state index >= 15 is 0 Å². The lowest BCUT2D eigenvalue weighted by atomic mass is 10.3. The first-order valence-electron chi connectivity index (χ1n) is 5.68. The summed E-state index contributed by atoms with van der Waals surface area (Å²) in [7, 11) is 1.44. The number of ether oxygens (including phenoxy) is 1. The molecule has 96 valence electrons. The summed E-state index contributed by atoms with van der Waals surface area (Å²) in [5.74, 6) is 0.658. The van der Waals surface area contributed by atoms with Crippen molar-refractivity contribution in [3.8, 4) is 5.75 Å². The van der Waals surface area contributed by atoms with Crippen LogP contribution in [-0.4, -0.2) is 21.9 Å². The fourth-order valence-corrected chi connectivity index (χ4v) is 1.65. The van der Waals surface area contributed by atoms with Gasteiger partial charge in [-0.2, -0.15) is 5.10 Å². The van der Waals surface area contributed by atoms with E-state index in [9.17, 15) is 4.39 Å². The Balaban J connectivity index is 2.04. The molecular formula is C12H15FN4O. The minimum absolute atomic E-state index is 0.234. The van der Waals surface area contributed by atoms with Gasteiger partial charge in [0.2, 0.25) is 0 Å². The topological polar surface area (TPSA) is 52.0 Å². The second kappa shape index (κ2) is 5.48. The van der Waals surface area contributed by atoms with Crippen LogP contribution < -0.4 is 10.1 Å². The zero-order chi connectivity index (χ0) is 13.0. The first-order chi connectivity index (χ1) is 8.74. The SMILES string of the molecule is CCn1ncnc1CNc1ccc(OC)c(F)c1. The van der Waals surface area contributed by atoms with Crippen LogP contribution in [0.5, 0.6) is 5.75 Å². The van der Waals surface area contributed by atoms with E-state index in [4.69, 9.17) is 4.74 Å². The zero-order valence-corrected chi connectivity index (χ0v) is 10.4. The van der Waals surface area contributed by atoms with Crippen molar-refractivity contribution in [1.82, 2.24) is 14.8 Å². The first kappa shape index (κ1) is 12.3. The zero-order valence-electron chi connectivity index (χ0n) is 10.4. The van der Waals surface area contributed by atoms with E-state index in [-0.39, 0.29) is 11.6 Å². The van der Waals surface area contributed by atoms with Crippen LogP contribution >= 0.6 is 0 Å². The van der Waals surface area contributed by atoms with Gasteiger partial charge in [-0.15, -0.1) is 0 Å². The van der Waals surface area contributed by atoms with Gasteiger partial charge in [0.25, 0.3) is 0 Å². The van der Waals surface area contributed by atoms with E-state index in [0.29, 0.717) is 12.2 Å². The molecule has 0 fully saturated rings. The Morgan fingerprint density at radius 3 is 2.94 bits per heavy atom. The van der Waals surface area contributed by atoms with Gasteiger partial charge in [0.1, 0.15) is 12.2 Å². The van der Waals surface area contributed by atoms with Gasteiger partial charge in [0, 0.05) is 18.3 Å². The first-order valence-corrected chi connectivity index (χ1v) is 5.68. The van der Waals surface area contributed by atoms with Crippen molar-refractivity contribution in [2.45, 2.75) is 20.0 Å². The molecule has 0 aliphatic heterocycles. The maximum Gasteiger partial charge on any atom is 0.167 e. The highest BCUT2D eigenvalue weighted by atomic mass is 19.1. The van der Waals surface area contributed by atoms with Crippen molar-refractivity contribution in [1.29, 1.82) is 0 Å². The molecule has 0 aliphatic rings. The van der Waals surface area contributed by atoms with Gasteiger partial charge in [-0.3, -0.25) is 0 Å². The fourth-order valence-electron chi connectivity index (χ4n) is 1.65. The Morgan fingerprint density at radius 1 is 1.44 bits per heavy atom. The van der Waals surface area contributed by atoms with E-state index in [0.717, 1.165) is 12.4 Å². The van der Waals surface area contributed by atoms with E-state index in [1.165, 1.54) is 19.5 Å². The Kier molecular flexibility index (Phi) is 3.76. The van der Waals surface area contributed by atoms with Gasteiger partial charge in [-0.25, -0.2) is 14.1 Å². The van der Waals surface area contributed by atoms with Gasteiger partial charge in [-0.1, -0.05) is 0 Å². The smallest absolute Gasteiger partial charge is 0.167 e. The molecule has 0 atom stereocenters. The Hall–Kier alpha value is -2.11. The molecule has 0 bridgehead atoms. The number of aromatic nitrogens is 3. The minimum atomic E-state index is -0.389. The number of halogens is 1. The number of methoxy groups -OCH3 is 1. The minimum Gasteiger partial charge on any atom is -0.494 e. The number of aryl methyl sites for hydroxylation is 1. The van der Waals surface area contributed by atoms with Crippen LogP contribution in [0.1, 0.15) is 12.7 Å². The van der Waals surface area contributed by atoms with Crippen LogP contribution in [0.15, 0.2) is 24.5 Å². The van der Waals surface area contributed by atoms with E-state index < -0.39 is 0 Å². The van der Waals surface area contributed by atoms with Crippen LogP contribution in [0.4, 0.5) is 10.1 Å². The average molecular weight is 250 g/mol. The second-order valence-corrected chi connectivity index (χ2v) is 3.69. The van der Waals surface area contributed by atoms with Gasteiger partial charge >= 0.3 is 0 Å². The number of anilines is 1. The number of rotatable bonds is 5. The molecule has 0 unspecified atom stereocenters. The third-order valence-electron chi connectivity index (χ3n) is 2.60. The summed E-state index contributed by atoms with van der Waals surface area (Å²) in [6, 6.07) is 4.74. The molecule has 0 saturated carbocycles. The molecule has 2 rings (SSSR count). The molecule has 0 amide bonds. The normalized spacial score (nSPS) is 10.4. The molecule has 5 nitrogen and oxygen atoms in total. The van der Waals surface area contributed by atoms with Crippen molar-refractivity contribution >= 4 is 5.69 Å². The number of benzene rings is 1. The molecular weight excluding hydrogens is 235 g/mol. The molecule has 0 aliphatic carbocycles. The van der Waals surface area contributed by atoms with Crippen LogP contribution in [0.2, 0.25) is 0 Å². The van der Waals surface area contributed by atoms with Crippen LogP contribution in [-0.2, 0) is 13.1 Å². The molecule has 1 aromatic carbocycles. The maximum absolute atomic E-state index is 13.5. The molecule has 2 aromatic rings. The molecule has 1 N–H and O–H groups in total. The second-order valence-electron chi connectivity index (χ2n) is 3.69. The summed E-state index contributed by atoms with van der Waals surface area (Å²) in [5, 5.41) is 7.16. The van der Waals surface area contributed by atoms with Crippen molar-refractivity contribution in [2.24, 2.45) is 0 Å². The third kappa shape index (κ3) is 2.58. The Bertz CT molecular complexity index is 527. The maximum atomic E-state index is 13.5. The van der Waals surface area contributed by atoms with Gasteiger partial charge in [0.05, 0.1) is 13.7 Å². The summed E-state index contributed by atoms with van der Waals surface area (Å²) >= 11 is 0. The molecule has 18 heavy (non-hydrogen) atoms.